The number of likely N-dealkylation sites (N-methyl/N-ethyl adjacent to an activating group) is 1. The Kier molecular flexibility index (Phi) is 5.15. The topological polar surface area (TPSA) is 74.4 Å². The number of hydrogen-bond acceptors (Lipinski definition) is 4. The molecule has 0 radical (unpaired) electrons. The molecule has 6 heteroatoms. The average molecular weight is 379 g/mol. The molecule has 2 heterocycles. The number of benzene rings is 1. The predicted octanol–water partition coefficient (Wildman–Crippen LogP) is 1.93. The van der Waals surface area contributed by atoms with Gasteiger partial charge in [-0.05, 0) is 36.2 Å². The minimum Gasteiger partial charge on any atom is -0.370 e. The summed E-state index contributed by atoms with van der Waals surface area (Å²) < 4.78 is 5.13. The van der Waals surface area contributed by atoms with E-state index < -0.39 is 0 Å². The highest BCUT2D eigenvalue weighted by Crippen LogP contribution is 2.40. The van der Waals surface area contributed by atoms with Crippen molar-refractivity contribution in [3.8, 4) is 0 Å². The zero-order valence-electron chi connectivity index (χ0n) is 16.0. The first-order chi connectivity index (χ1) is 13.6. The van der Waals surface area contributed by atoms with Gasteiger partial charge in [-0.15, -0.1) is 6.58 Å². The van der Waals surface area contributed by atoms with Crippen LogP contribution in [0.15, 0.2) is 43.1 Å². The van der Waals surface area contributed by atoms with E-state index in [2.05, 4.69) is 53.2 Å². The van der Waals surface area contributed by atoms with Gasteiger partial charge in [-0.25, -0.2) is 0 Å². The van der Waals surface area contributed by atoms with Crippen LogP contribution < -0.4 is 5.32 Å². The van der Waals surface area contributed by atoms with E-state index in [4.69, 9.17) is 4.74 Å². The second-order valence-corrected chi connectivity index (χ2v) is 7.49. The van der Waals surface area contributed by atoms with Crippen molar-refractivity contribution in [3.05, 3.63) is 54.3 Å². The number of aromatic amines is 1. The molecule has 0 bridgehead atoms. The van der Waals surface area contributed by atoms with Crippen molar-refractivity contribution in [2.45, 2.75) is 12.5 Å². The molecule has 0 spiro atoms. The van der Waals surface area contributed by atoms with Crippen molar-refractivity contribution < 1.29 is 14.3 Å². The molecule has 0 unspecified atom stereocenters. The lowest BCUT2D eigenvalue weighted by Gasteiger charge is -2.39. The van der Waals surface area contributed by atoms with E-state index in [1.807, 2.05) is 6.07 Å². The van der Waals surface area contributed by atoms with Gasteiger partial charge < -0.3 is 15.0 Å². The number of carbonyl (C=O) groups excluding carboxylic acids is 2. The third-order valence-electron chi connectivity index (χ3n) is 5.56. The Morgan fingerprint density at radius 3 is 3.11 bits per heavy atom. The van der Waals surface area contributed by atoms with Crippen LogP contribution in [0.4, 0.5) is 0 Å². The molecule has 2 atom stereocenters. The summed E-state index contributed by atoms with van der Waals surface area (Å²) in [6, 6.07) is 6.53. The number of Topliss-reactive ketones (excluding diaryl/α,β-unsaturated/α-hetero) is 1. The number of carbonyl (C=O) groups is 2. The molecule has 6 nitrogen and oxygen atoms in total. The standard InChI is InChI=1S/C22H25N3O3/c1-3-7-28-13-16(26)11-24-22(27)15-8-18-17-5-4-6-19-21(17)14(10-23-19)9-20(18)25(2)12-15/h3-6,8,10,15,20,23H,1,7,9,11-13H2,2H3,(H,24,27)/t15-,20-/m1/s1. The molecular weight excluding hydrogens is 354 g/mol. The van der Waals surface area contributed by atoms with Gasteiger partial charge >= 0.3 is 0 Å². The Labute approximate surface area is 164 Å². The van der Waals surface area contributed by atoms with Gasteiger partial charge in [0, 0.05) is 29.7 Å². The van der Waals surface area contributed by atoms with Crippen molar-refractivity contribution in [1.29, 1.82) is 0 Å². The van der Waals surface area contributed by atoms with Crippen molar-refractivity contribution in [2.24, 2.45) is 5.92 Å². The summed E-state index contributed by atoms with van der Waals surface area (Å²) in [6.45, 7) is 4.47. The largest absolute Gasteiger partial charge is 0.370 e. The van der Waals surface area contributed by atoms with Crippen LogP contribution in [0.2, 0.25) is 0 Å². The van der Waals surface area contributed by atoms with Crippen LogP contribution >= 0.6 is 0 Å². The average Bonchev–Trinajstić information content (AvgIpc) is 3.11. The number of nitrogens with one attached hydrogen (secondary N) is 2. The van der Waals surface area contributed by atoms with Gasteiger partial charge in [0.1, 0.15) is 6.61 Å². The molecule has 0 saturated heterocycles. The van der Waals surface area contributed by atoms with Crippen LogP contribution in [0.1, 0.15) is 11.1 Å². The highest BCUT2D eigenvalue weighted by Gasteiger charge is 2.35. The maximum Gasteiger partial charge on any atom is 0.228 e. The lowest BCUT2D eigenvalue weighted by atomic mass is 9.80. The Morgan fingerprint density at radius 1 is 1.43 bits per heavy atom. The first kappa shape index (κ1) is 18.7. The van der Waals surface area contributed by atoms with Crippen LogP contribution in [0.3, 0.4) is 0 Å². The maximum absolute atomic E-state index is 12.7. The summed E-state index contributed by atoms with van der Waals surface area (Å²) >= 11 is 0. The molecule has 1 aromatic carbocycles. The van der Waals surface area contributed by atoms with E-state index in [1.165, 1.54) is 22.1 Å². The highest BCUT2D eigenvalue weighted by atomic mass is 16.5. The van der Waals surface area contributed by atoms with Gasteiger partial charge in [0.05, 0.1) is 19.1 Å². The second-order valence-electron chi connectivity index (χ2n) is 7.49. The second kappa shape index (κ2) is 7.73. The van der Waals surface area contributed by atoms with Crippen LogP contribution in [0, 0.1) is 5.92 Å². The van der Waals surface area contributed by atoms with Crippen molar-refractivity contribution in [1.82, 2.24) is 15.2 Å². The number of hydrogen-bond donors (Lipinski definition) is 2. The molecule has 0 fully saturated rings. The van der Waals surface area contributed by atoms with E-state index in [0.29, 0.717) is 13.2 Å². The first-order valence-electron chi connectivity index (χ1n) is 9.58. The summed E-state index contributed by atoms with van der Waals surface area (Å²) in [5.41, 5.74) is 4.86. The molecule has 146 valence electrons. The third-order valence-corrected chi connectivity index (χ3v) is 5.56. The molecule has 1 aliphatic carbocycles. The van der Waals surface area contributed by atoms with Gasteiger partial charge in [0.2, 0.25) is 5.91 Å². The van der Waals surface area contributed by atoms with Crippen molar-refractivity contribution in [3.63, 3.8) is 0 Å². The molecule has 2 N–H and O–H groups in total. The minimum absolute atomic E-state index is 0.0136. The smallest absolute Gasteiger partial charge is 0.228 e. The monoisotopic (exact) mass is 379 g/mol. The lowest BCUT2D eigenvalue weighted by Crippen LogP contribution is -2.47. The van der Waals surface area contributed by atoms with Crippen molar-refractivity contribution in [2.75, 3.05) is 33.4 Å². The van der Waals surface area contributed by atoms with E-state index in [9.17, 15) is 9.59 Å². The van der Waals surface area contributed by atoms with Gasteiger partial charge in [0.25, 0.3) is 0 Å². The number of nitrogens with zero attached hydrogens (tertiary/aromatic N) is 1. The van der Waals surface area contributed by atoms with Crippen LogP contribution in [0.25, 0.3) is 16.5 Å². The summed E-state index contributed by atoms with van der Waals surface area (Å²) in [5, 5.41) is 4.02. The quantitative estimate of drug-likeness (QED) is 0.569. The van der Waals surface area contributed by atoms with E-state index in [0.717, 1.165) is 11.9 Å². The number of ether oxygens (including phenoxy) is 1. The zero-order valence-corrected chi connectivity index (χ0v) is 16.0. The van der Waals surface area contributed by atoms with Gasteiger partial charge in [-0.3, -0.25) is 14.5 Å². The van der Waals surface area contributed by atoms with Gasteiger partial charge in [-0.1, -0.05) is 24.3 Å². The molecule has 0 saturated carbocycles. The van der Waals surface area contributed by atoms with E-state index in [1.54, 1.807) is 6.08 Å². The van der Waals surface area contributed by atoms with Crippen LogP contribution in [0.5, 0.6) is 0 Å². The fourth-order valence-corrected chi connectivity index (χ4v) is 4.24. The number of ketones is 1. The molecule has 1 aliphatic heterocycles. The predicted molar refractivity (Wildman–Crippen MR) is 109 cm³/mol. The fraction of sp³-hybridized carbons (Fsp3) is 0.364. The van der Waals surface area contributed by atoms with Gasteiger partial charge in [-0.2, -0.15) is 0 Å². The number of H-pyrrole nitrogens is 1. The summed E-state index contributed by atoms with van der Waals surface area (Å²) in [4.78, 5) is 30.1. The molecule has 2 aromatic rings. The number of rotatable bonds is 7. The molecule has 28 heavy (non-hydrogen) atoms. The molecule has 2 aliphatic rings. The SMILES string of the molecule is C=CCOCC(=O)CNC(=O)[C@@H]1C=C2c3cccc4[nH]cc(c34)C[C@H]2N(C)C1. The highest BCUT2D eigenvalue weighted by molar-refractivity contribution is 5.99. The number of amides is 1. The molecule has 1 amide bonds. The summed E-state index contributed by atoms with van der Waals surface area (Å²) in [6.07, 6.45) is 6.71. The van der Waals surface area contributed by atoms with E-state index in [-0.39, 0.29) is 36.8 Å². The first-order valence-corrected chi connectivity index (χ1v) is 9.58. The van der Waals surface area contributed by atoms with Crippen LogP contribution in [-0.2, 0) is 20.7 Å². The van der Waals surface area contributed by atoms with Crippen molar-refractivity contribution >= 4 is 28.2 Å². The molecular formula is C22H25N3O3. The Balaban J connectivity index is 1.51. The Hall–Kier alpha value is -2.70. The maximum atomic E-state index is 12.7. The Morgan fingerprint density at radius 2 is 2.29 bits per heavy atom. The lowest BCUT2D eigenvalue weighted by molar-refractivity contribution is -0.128. The third kappa shape index (κ3) is 3.41. The van der Waals surface area contributed by atoms with Gasteiger partial charge in [0.15, 0.2) is 5.78 Å². The fourth-order valence-electron chi connectivity index (χ4n) is 4.24. The molecule has 4 rings (SSSR count). The summed E-state index contributed by atoms with van der Waals surface area (Å²) in [7, 11) is 2.06. The summed E-state index contributed by atoms with van der Waals surface area (Å²) in [5.74, 6) is -0.555. The number of aromatic nitrogens is 1. The molecule has 1 aromatic heterocycles. The zero-order chi connectivity index (χ0) is 19.7. The number of fused-ring (bicyclic) bond motifs is 2. The van der Waals surface area contributed by atoms with E-state index >= 15 is 0 Å². The minimum atomic E-state index is -0.283. The normalized spacial score (nSPS) is 21.1. The van der Waals surface area contributed by atoms with Crippen LogP contribution in [-0.4, -0.2) is 61.0 Å². The Bertz CT molecular complexity index is 959.